The molecule has 0 aliphatic heterocycles. The average molecular weight is 229 g/mol. The molecular weight excluding hydrogens is 212 g/mol. The molecule has 0 aliphatic rings. The van der Waals surface area contributed by atoms with E-state index in [0.29, 0.717) is 5.75 Å². The summed E-state index contributed by atoms with van der Waals surface area (Å²) >= 11 is 0. The van der Waals surface area contributed by atoms with E-state index in [9.17, 15) is 8.78 Å². The molecule has 0 spiro atoms. The van der Waals surface area contributed by atoms with Crippen molar-refractivity contribution in [2.24, 2.45) is 0 Å². The Labute approximate surface area is 94.6 Å². The van der Waals surface area contributed by atoms with Crippen LogP contribution in [0.25, 0.3) is 0 Å². The normalized spacial score (nSPS) is 11.6. The summed E-state index contributed by atoms with van der Waals surface area (Å²) in [5, 5.41) is 2.49. The zero-order valence-electron chi connectivity index (χ0n) is 10.0. The van der Waals surface area contributed by atoms with E-state index in [0.717, 1.165) is 11.1 Å². The molecule has 0 aliphatic carbocycles. The number of methoxy groups -OCH3 is 1. The largest absolute Gasteiger partial charge is 0.496 e. The molecule has 1 N–H and O–H groups in total. The first-order chi connectivity index (χ1) is 7.42. The first-order valence-electron chi connectivity index (χ1n) is 5.10. The van der Waals surface area contributed by atoms with Gasteiger partial charge < -0.3 is 10.1 Å². The summed E-state index contributed by atoms with van der Waals surface area (Å²) in [6.07, 6.45) is 0. The van der Waals surface area contributed by atoms with E-state index in [1.165, 1.54) is 19.2 Å². The van der Waals surface area contributed by atoms with E-state index in [1.807, 2.05) is 0 Å². The van der Waals surface area contributed by atoms with Gasteiger partial charge in [-0.3, -0.25) is 0 Å². The summed E-state index contributed by atoms with van der Waals surface area (Å²) in [6, 6.07) is 2.95. The molecule has 1 rings (SSSR count). The maximum atomic E-state index is 13.6. The highest BCUT2D eigenvalue weighted by atomic mass is 19.3. The molecule has 0 atom stereocenters. The monoisotopic (exact) mass is 229 g/mol. The molecule has 0 bridgehead atoms. The molecule has 1 aromatic rings. The molecule has 0 aromatic heterocycles. The molecular formula is C12H17F2NO. The number of hydrogen-bond acceptors (Lipinski definition) is 2. The Kier molecular flexibility index (Phi) is 3.86. The Morgan fingerprint density at radius 1 is 1.25 bits per heavy atom. The summed E-state index contributed by atoms with van der Waals surface area (Å²) in [7, 11) is 3.05. The minimum absolute atomic E-state index is 0.0256. The topological polar surface area (TPSA) is 21.3 Å². The number of aryl methyl sites for hydroxylation is 2. The Morgan fingerprint density at radius 3 is 2.12 bits per heavy atom. The highest BCUT2D eigenvalue weighted by Gasteiger charge is 2.31. The number of rotatable bonds is 4. The van der Waals surface area contributed by atoms with E-state index in [-0.39, 0.29) is 12.1 Å². The van der Waals surface area contributed by atoms with Gasteiger partial charge in [0, 0.05) is 5.56 Å². The van der Waals surface area contributed by atoms with Crippen LogP contribution in [-0.2, 0) is 5.92 Å². The average Bonchev–Trinajstić information content (AvgIpc) is 2.17. The quantitative estimate of drug-likeness (QED) is 0.857. The summed E-state index contributed by atoms with van der Waals surface area (Å²) in [4.78, 5) is 0. The van der Waals surface area contributed by atoms with Crippen molar-refractivity contribution in [1.82, 2.24) is 5.32 Å². The van der Waals surface area contributed by atoms with Gasteiger partial charge in [-0.05, 0) is 44.2 Å². The molecule has 90 valence electrons. The lowest BCUT2D eigenvalue weighted by Crippen LogP contribution is -2.28. The van der Waals surface area contributed by atoms with Gasteiger partial charge in [0.25, 0.3) is 5.92 Å². The Morgan fingerprint density at radius 2 is 1.75 bits per heavy atom. The van der Waals surface area contributed by atoms with E-state index in [1.54, 1.807) is 21.0 Å². The molecule has 0 heterocycles. The summed E-state index contributed by atoms with van der Waals surface area (Å²) in [5.41, 5.74) is 1.49. The predicted octanol–water partition coefficient (Wildman–Crippen LogP) is 2.62. The second-order valence-corrected chi connectivity index (χ2v) is 3.88. The van der Waals surface area contributed by atoms with Gasteiger partial charge in [0.15, 0.2) is 0 Å². The number of nitrogens with one attached hydrogen (secondary N) is 1. The SMILES string of the molecule is CNCC(F)(F)c1cc(C)c(OC)c(C)c1. The zero-order chi connectivity index (χ0) is 12.3. The van der Waals surface area contributed by atoms with Crippen LogP contribution in [0, 0.1) is 13.8 Å². The third-order valence-electron chi connectivity index (χ3n) is 2.49. The standard InChI is InChI=1S/C12H17F2NO/c1-8-5-10(12(13,14)7-15-3)6-9(2)11(8)16-4/h5-6,15H,7H2,1-4H3. The lowest BCUT2D eigenvalue weighted by atomic mass is 10.0. The van der Waals surface area contributed by atoms with Gasteiger partial charge >= 0.3 is 0 Å². The van der Waals surface area contributed by atoms with Crippen LogP contribution in [0.1, 0.15) is 16.7 Å². The maximum Gasteiger partial charge on any atom is 0.285 e. The van der Waals surface area contributed by atoms with Crippen LogP contribution in [0.2, 0.25) is 0 Å². The van der Waals surface area contributed by atoms with Gasteiger partial charge in [-0.25, -0.2) is 0 Å². The minimum atomic E-state index is -2.85. The number of alkyl halides is 2. The van der Waals surface area contributed by atoms with Crippen LogP contribution >= 0.6 is 0 Å². The molecule has 0 unspecified atom stereocenters. The maximum absolute atomic E-state index is 13.6. The number of halogens is 2. The van der Waals surface area contributed by atoms with Crippen molar-refractivity contribution in [1.29, 1.82) is 0 Å². The first-order valence-corrected chi connectivity index (χ1v) is 5.10. The third kappa shape index (κ3) is 2.50. The first kappa shape index (κ1) is 12.9. The van der Waals surface area contributed by atoms with Crippen molar-refractivity contribution >= 4 is 0 Å². The lowest BCUT2D eigenvalue weighted by molar-refractivity contribution is -0.00140. The van der Waals surface area contributed by atoms with E-state index < -0.39 is 5.92 Å². The fourth-order valence-corrected chi connectivity index (χ4v) is 1.81. The molecule has 0 fully saturated rings. The molecule has 2 nitrogen and oxygen atoms in total. The van der Waals surface area contributed by atoms with Gasteiger partial charge in [-0.2, -0.15) is 8.78 Å². The van der Waals surface area contributed by atoms with Crippen LogP contribution in [0.5, 0.6) is 5.75 Å². The van der Waals surface area contributed by atoms with Crippen LogP contribution in [-0.4, -0.2) is 20.7 Å². The second-order valence-electron chi connectivity index (χ2n) is 3.88. The van der Waals surface area contributed by atoms with Crippen molar-refractivity contribution in [3.63, 3.8) is 0 Å². The molecule has 0 saturated carbocycles. The third-order valence-corrected chi connectivity index (χ3v) is 2.49. The fourth-order valence-electron chi connectivity index (χ4n) is 1.81. The minimum Gasteiger partial charge on any atom is -0.496 e. The van der Waals surface area contributed by atoms with Gasteiger partial charge in [0.1, 0.15) is 5.75 Å². The summed E-state index contributed by atoms with van der Waals surface area (Å²) in [6.45, 7) is 3.17. The molecule has 0 saturated heterocycles. The molecule has 1 aromatic carbocycles. The Bertz CT molecular complexity index is 354. The van der Waals surface area contributed by atoms with Crippen molar-refractivity contribution in [3.8, 4) is 5.75 Å². The molecule has 4 heteroatoms. The van der Waals surface area contributed by atoms with Crippen LogP contribution in [0.15, 0.2) is 12.1 Å². The van der Waals surface area contributed by atoms with E-state index in [4.69, 9.17) is 4.74 Å². The number of benzene rings is 1. The number of hydrogen-bond donors (Lipinski definition) is 1. The Balaban J connectivity index is 3.17. The molecule has 0 amide bonds. The summed E-state index contributed by atoms with van der Waals surface area (Å²) < 4.78 is 32.4. The van der Waals surface area contributed by atoms with Crippen LogP contribution < -0.4 is 10.1 Å². The van der Waals surface area contributed by atoms with Gasteiger partial charge in [-0.1, -0.05) is 0 Å². The molecule has 16 heavy (non-hydrogen) atoms. The van der Waals surface area contributed by atoms with Crippen molar-refractivity contribution in [2.45, 2.75) is 19.8 Å². The van der Waals surface area contributed by atoms with Crippen molar-refractivity contribution in [3.05, 3.63) is 28.8 Å². The second kappa shape index (κ2) is 4.78. The summed E-state index contributed by atoms with van der Waals surface area (Å²) in [5.74, 6) is -2.18. The smallest absolute Gasteiger partial charge is 0.285 e. The highest BCUT2D eigenvalue weighted by Crippen LogP contribution is 2.33. The van der Waals surface area contributed by atoms with Crippen LogP contribution in [0.4, 0.5) is 8.78 Å². The molecule has 0 radical (unpaired) electrons. The van der Waals surface area contributed by atoms with Gasteiger partial charge in [0.05, 0.1) is 13.7 Å². The van der Waals surface area contributed by atoms with Gasteiger partial charge in [0.2, 0.25) is 0 Å². The van der Waals surface area contributed by atoms with Crippen LogP contribution in [0.3, 0.4) is 0 Å². The lowest BCUT2D eigenvalue weighted by Gasteiger charge is -2.19. The highest BCUT2D eigenvalue weighted by molar-refractivity contribution is 5.44. The number of likely N-dealkylation sites (N-methyl/N-ethyl adjacent to an activating group) is 1. The Hall–Kier alpha value is -1.16. The number of ether oxygens (including phenoxy) is 1. The van der Waals surface area contributed by atoms with Crippen molar-refractivity contribution in [2.75, 3.05) is 20.7 Å². The zero-order valence-corrected chi connectivity index (χ0v) is 10.0. The predicted molar refractivity (Wildman–Crippen MR) is 60.3 cm³/mol. The van der Waals surface area contributed by atoms with E-state index >= 15 is 0 Å². The van der Waals surface area contributed by atoms with Gasteiger partial charge in [-0.15, -0.1) is 0 Å². The van der Waals surface area contributed by atoms with E-state index in [2.05, 4.69) is 5.32 Å². The van der Waals surface area contributed by atoms with Crippen molar-refractivity contribution < 1.29 is 13.5 Å². The fraction of sp³-hybridized carbons (Fsp3) is 0.500.